The van der Waals surface area contributed by atoms with Crippen LogP contribution in [0.2, 0.25) is 0 Å². The summed E-state index contributed by atoms with van der Waals surface area (Å²) in [6.07, 6.45) is 16.3. The van der Waals surface area contributed by atoms with Gasteiger partial charge >= 0.3 is 29.8 Å². The first-order chi connectivity index (χ1) is 31.4. The lowest BCUT2D eigenvalue weighted by Crippen LogP contribution is -2.40. The highest BCUT2D eigenvalue weighted by Crippen LogP contribution is 2.39. The summed E-state index contributed by atoms with van der Waals surface area (Å²) in [6.45, 7) is 42.8. The molecule has 0 bridgehead atoms. The third-order valence-corrected chi connectivity index (χ3v) is 13.8. The summed E-state index contributed by atoms with van der Waals surface area (Å²) in [5.41, 5.74) is -2.50. The molecule has 2 fully saturated rings. The van der Waals surface area contributed by atoms with Crippen molar-refractivity contribution in [3.05, 3.63) is 24.3 Å². The molecule has 69 heavy (non-hydrogen) atoms. The van der Waals surface area contributed by atoms with Gasteiger partial charge in [0.25, 0.3) is 0 Å². The number of hydrogen-bond donors (Lipinski definition) is 1. The molecule has 0 spiro atoms. The summed E-state index contributed by atoms with van der Waals surface area (Å²) in [6, 6.07) is 6.11. The Kier molecular flexibility index (Phi) is 29.0. The molecule has 0 heterocycles. The van der Waals surface area contributed by atoms with E-state index in [1.165, 1.54) is 44.2 Å². The van der Waals surface area contributed by atoms with E-state index in [0.717, 1.165) is 70.6 Å². The molecule has 11 nitrogen and oxygen atoms in total. The summed E-state index contributed by atoms with van der Waals surface area (Å²) < 4.78 is 27.2. The van der Waals surface area contributed by atoms with Crippen molar-refractivity contribution >= 4 is 29.8 Å². The van der Waals surface area contributed by atoms with Crippen molar-refractivity contribution in [3.63, 3.8) is 0 Å². The summed E-state index contributed by atoms with van der Waals surface area (Å²) >= 11 is 0. The Morgan fingerprint density at radius 2 is 0.812 bits per heavy atom. The van der Waals surface area contributed by atoms with E-state index in [9.17, 15) is 24.0 Å². The summed E-state index contributed by atoms with van der Waals surface area (Å²) in [7, 11) is 0. The van der Waals surface area contributed by atoms with Crippen LogP contribution in [0.1, 0.15) is 255 Å². The second kappa shape index (κ2) is 29.7. The van der Waals surface area contributed by atoms with E-state index in [4.69, 9.17) is 28.8 Å². The second-order valence-electron chi connectivity index (χ2n) is 23.8. The van der Waals surface area contributed by atoms with Gasteiger partial charge in [0, 0.05) is 0 Å². The van der Waals surface area contributed by atoms with Gasteiger partial charge in [-0.2, -0.15) is 0 Å². The molecule has 0 amide bonds. The molecule has 3 rings (SSSR count). The number of aromatic hydroxyl groups is 1. The van der Waals surface area contributed by atoms with Gasteiger partial charge in [0.2, 0.25) is 0 Å². The van der Waals surface area contributed by atoms with Crippen molar-refractivity contribution in [2.45, 2.75) is 277 Å². The van der Waals surface area contributed by atoms with Gasteiger partial charge in [-0.1, -0.05) is 61.8 Å². The Labute approximate surface area is 422 Å². The van der Waals surface area contributed by atoms with Crippen molar-refractivity contribution < 1.29 is 52.8 Å². The maximum Gasteiger partial charge on any atom is 0.316 e. The third kappa shape index (κ3) is 26.4. The second-order valence-corrected chi connectivity index (χ2v) is 23.8. The molecular formula is C58H104O11. The lowest BCUT2D eigenvalue weighted by atomic mass is 9.82. The minimum Gasteiger partial charge on any atom is -0.508 e. The van der Waals surface area contributed by atoms with Crippen LogP contribution in [0.3, 0.4) is 0 Å². The fourth-order valence-corrected chi connectivity index (χ4v) is 6.26. The van der Waals surface area contributed by atoms with Crippen LogP contribution in [0.4, 0.5) is 0 Å². The molecule has 0 saturated heterocycles. The highest BCUT2D eigenvalue weighted by atomic mass is 16.6. The average molecular weight is 977 g/mol. The number of carbonyl (C=O) groups is 5. The standard InChI is InChI=1S/C14H26O2.C13H24O2.C12H16O3.C10H20O2.C9H18O2/c1-5-13(3,4)12(15)16-14(6-2)10-8-7-9-11-14;1-5-12(3,4)11(14)15-13(6-2)9-7-8-10-13;1-4-12(2,3)11(14)15-10-7-5-9(13)6-8-10;1-7-10(5,6)8(11)12-9(2,3)4;1-6-7(2)8(10)11-9(3,4)5/h5-11H2,1-4H3;5-10H2,1-4H3;5-8,13H,4H2,1-3H3;7H2,1-6H3;7H,6H2,1-5H3. The Morgan fingerprint density at radius 3 is 1.12 bits per heavy atom. The van der Waals surface area contributed by atoms with Crippen molar-refractivity contribution in [1.82, 2.24) is 0 Å². The zero-order valence-corrected chi connectivity index (χ0v) is 48.2. The largest absolute Gasteiger partial charge is 0.508 e. The quantitative estimate of drug-likeness (QED) is 0.102. The van der Waals surface area contributed by atoms with Crippen LogP contribution in [0.25, 0.3) is 0 Å². The number of esters is 5. The Morgan fingerprint density at radius 1 is 0.493 bits per heavy atom. The maximum absolute atomic E-state index is 12.1. The highest BCUT2D eigenvalue weighted by molar-refractivity contribution is 5.78. The van der Waals surface area contributed by atoms with Crippen LogP contribution in [-0.2, 0) is 42.9 Å². The monoisotopic (exact) mass is 977 g/mol. The number of hydrogen-bond acceptors (Lipinski definition) is 11. The minimum atomic E-state index is -0.474. The Balaban J connectivity index is 0. The first-order valence-corrected chi connectivity index (χ1v) is 26.4. The van der Waals surface area contributed by atoms with Crippen LogP contribution in [0, 0.1) is 27.6 Å². The van der Waals surface area contributed by atoms with Crippen molar-refractivity contribution in [2.24, 2.45) is 27.6 Å². The fraction of sp³-hybridized carbons (Fsp3) is 0.810. The summed E-state index contributed by atoms with van der Waals surface area (Å²) in [4.78, 5) is 58.4. The SMILES string of the molecule is CCC(C)(C)C(=O)OC(C)(C)C.CCC(C)(C)C(=O)Oc1ccc(O)cc1.CCC(C)C(=O)OC(C)(C)C.CCC1(OC(=O)C(C)(C)CC)CCCC1.CCC1(OC(=O)C(C)(C)CC)CCCCC1. The predicted octanol–water partition coefficient (Wildman–Crippen LogP) is 15.6. The number of benzene rings is 1. The molecular weight excluding hydrogens is 873 g/mol. The maximum atomic E-state index is 12.1. The smallest absolute Gasteiger partial charge is 0.316 e. The van der Waals surface area contributed by atoms with E-state index >= 15 is 0 Å². The highest BCUT2D eigenvalue weighted by Gasteiger charge is 2.40. The van der Waals surface area contributed by atoms with Crippen LogP contribution in [0.5, 0.6) is 11.5 Å². The van der Waals surface area contributed by atoms with Gasteiger partial charge in [0.1, 0.15) is 33.9 Å². The van der Waals surface area contributed by atoms with Crippen molar-refractivity contribution in [2.75, 3.05) is 0 Å². The third-order valence-electron chi connectivity index (χ3n) is 13.8. The van der Waals surface area contributed by atoms with Gasteiger partial charge in [0.05, 0.1) is 27.6 Å². The molecule has 2 saturated carbocycles. The Bertz CT molecular complexity index is 1660. The van der Waals surface area contributed by atoms with E-state index in [0.29, 0.717) is 5.75 Å². The van der Waals surface area contributed by atoms with Gasteiger partial charge in [-0.15, -0.1) is 0 Å². The lowest BCUT2D eigenvalue weighted by molar-refractivity contribution is -0.175. The minimum absolute atomic E-state index is 0.0150. The number of carbonyl (C=O) groups excluding carboxylic acids is 5. The van der Waals surface area contributed by atoms with E-state index in [2.05, 4.69) is 13.8 Å². The van der Waals surface area contributed by atoms with Crippen molar-refractivity contribution in [1.29, 1.82) is 0 Å². The molecule has 1 aromatic carbocycles. The van der Waals surface area contributed by atoms with Gasteiger partial charge < -0.3 is 28.8 Å². The van der Waals surface area contributed by atoms with Crippen molar-refractivity contribution in [3.8, 4) is 11.5 Å². The van der Waals surface area contributed by atoms with E-state index < -0.39 is 5.41 Å². The van der Waals surface area contributed by atoms with Crippen LogP contribution in [-0.4, -0.2) is 57.4 Å². The molecule has 0 radical (unpaired) electrons. The van der Waals surface area contributed by atoms with Gasteiger partial charge in [0.15, 0.2) is 0 Å². The fourth-order valence-electron chi connectivity index (χ4n) is 6.26. The number of phenolic OH excluding ortho intramolecular Hbond substituents is 1. The average Bonchev–Trinajstić information content (AvgIpc) is 3.75. The zero-order chi connectivity index (χ0) is 54.3. The number of ether oxygens (including phenoxy) is 5. The van der Waals surface area contributed by atoms with E-state index in [1.807, 2.05) is 138 Å². The molecule has 0 aromatic heterocycles. The molecule has 1 N–H and O–H groups in total. The molecule has 1 aromatic rings. The van der Waals surface area contributed by atoms with Gasteiger partial charge in [-0.3, -0.25) is 24.0 Å². The summed E-state index contributed by atoms with van der Waals surface area (Å²) in [5.74, 6) is 0.138. The number of phenols is 1. The zero-order valence-electron chi connectivity index (χ0n) is 48.2. The molecule has 0 aliphatic heterocycles. The Hall–Kier alpha value is -3.63. The molecule has 2 aliphatic carbocycles. The molecule has 11 heteroatoms. The van der Waals surface area contributed by atoms with Crippen LogP contribution >= 0.6 is 0 Å². The molecule has 1 atom stereocenters. The van der Waals surface area contributed by atoms with Crippen LogP contribution in [0.15, 0.2) is 24.3 Å². The first kappa shape index (κ1) is 67.4. The molecule has 1 unspecified atom stereocenters. The van der Waals surface area contributed by atoms with Gasteiger partial charge in [-0.25, -0.2) is 0 Å². The summed E-state index contributed by atoms with van der Waals surface area (Å²) in [5, 5.41) is 9.06. The molecule has 2 aliphatic rings. The normalized spacial score (nSPS) is 16.1. The van der Waals surface area contributed by atoms with E-state index in [1.54, 1.807) is 12.1 Å². The van der Waals surface area contributed by atoms with Gasteiger partial charge in [-0.05, 0) is 218 Å². The predicted molar refractivity (Wildman–Crippen MR) is 281 cm³/mol. The van der Waals surface area contributed by atoms with Crippen LogP contribution < -0.4 is 4.74 Å². The molecule has 402 valence electrons. The van der Waals surface area contributed by atoms with E-state index in [-0.39, 0.29) is 80.2 Å². The number of rotatable bonds is 15. The lowest BCUT2D eigenvalue weighted by Gasteiger charge is -2.38. The topological polar surface area (TPSA) is 152 Å². The first-order valence-electron chi connectivity index (χ1n) is 26.4.